The highest BCUT2D eigenvalue weighted by Gasteiger charge is 2.50. The minimum Gasteiger partial charge on any atom is -0.424 e. The average molecular weight is 413 g/mol. The van der Waals surface area contributed by atoms with Crippen molar-refractivity contribution in [1.29, 1.82) is 0 Å². The molecular formula is C26H40O2Si. The second-order valence-electron chi connectivity index (χ2n) is 9.11. The zero-order valence-electron chi connectivity index (χ0n) is 18.6. The van der Waals surface area contributed by atoms with Gasteiger partial charge in [0.05, 0.1) is 0 Å². The molecule has 1 atom stereocenters. The van der Waals surface area contributed by atoms with E-state index in [4.69, 9.17) is 0 Å². The first-order valence-corrected chi connectivity index (χ1v) is 13.3. The summed E-state index contributed by atoms with van der Waals surface area (Å²) in [6, 6.07) is 20.5. The number of aliphatic hydroxyl groups excluding tert-OH is 1. The molecule has 0 aliphatic carbocycles. The summed E-state index contributed by atoms with van der Waals surface area (Å²) in [5, 5.41) is 11.6. The maximum Gasteiger partial charge on any atom is 0.258 e. The Morgan fingerprint density at radius 1 is 0.793 bits per heavy atom. The first kappa shape index (κ1) is 23.9. The maximum atomic E-state index is 12.3. The van der Waals surface area contributed by atoms with Gasteiger partial charge in [-0.3, -0.25) is 0 Å². The second-order valence-corrected chi connectivity index (χ2v) is 13.0. The van der Waals surface area contributed by atoms with E-state index in [1.54, 1.807) is 0 Å². The van der Waals surface area contributed by atoms with E-state index in [-0.39, 0.29) is 11.6 Å². The molecule has 160 valence electrons. The van der Waals surface area contributed by atoms with Crippen LogP contribution in [0.5, 0.6) is 0 Å². The van der Waals surface area contributed by atoms with Crippen molar-refractivity contribution in [2.45, 2.75) is 77.2 Å². The third-order valence-electron chi connectivity index (χ3n) is 6.41. The van der Waals surface area contributed by atoms with E-state index < -0.39 is 8.32 Å². The number of aliphatic hydroxyl groups is 1. The van der Waals surface area contributed by atoms with E-state index in [0.29, 0.717) is 5.92 Å². The smallest absolute Gasteiger partial charge is 0.258 e. The highest BCUT2D eigenvalue weighted by molar-refractivity contribution is 6.98. The van der Waals surface area contributed by atoms with Crippen LogP contribution >= 0.6 is 0 Å². The molecule has 0 aliphatic heterocycles. The lowest BCUT2D eigenvalue weighted by atomic mass is 9.89. The fourth-order valence-corrected chi connectivity index (χ4v) is 8.57. The van der Waals surface area contributed by atoms with Gasteiger partial charge in [-0.15, -0.1) is 0 Å². The average Bonchev–Trinajstić information content (AvgIpc) is 2.74. The van der Waals surface area contributed by atoms with Crippen LogP contribution < -0.4 is 10.4 Å². The zero-order chi connectivity index (χ0) is 21.2. The normalized spacial score (nSPS) is 13.4. The Labute approximate surface area is 179 Å². The second kappa shape index (κ2) is 11.7. The summed E-state index contributed by atoms with van der Waals surface area (Å²) in [6.07, 6.45) is 9.27. The molecule has 1 unspecified atom stereocenters. The molecule has 0 bridgehead atoms. The third kappa shape index (κ3) is 6.28. The Morgan fingerprint density at radius 2 is 1.31 bits per heavy atom. The fourth-order valence-electron chi connectivity index (χ4n) is 4.74. The van der Waals surface area contributed by atoms with Crippen molar-refractivity contribution in [2.24, 2.45) is 5.92 Å². The van der Waals surface area contributed by atoms with Gasteiger partial charge in [-0.1, -0.05) is 120 Å². The SMILES string of the molecule is CCCCCCCC(CCO)CC(C)(C)[Si](O)(c1ccccc1)c1ccccc1. The summed E-state index contributed by atoms with van der Waals surface area (Å²) in [5.41, 5.74) is 0. The number of rotatable bonds is 13. The summed E-state index contributed by atoms with van der Waals surface area (Å²) in [7, 11) is -2.96. The summed E-state index contributed by atoms with van der Waals surface area (Å²) in [6.45, 7) is 6.95. The molecule has 0 radical (unpaired) electrons. The molecule has 0 saturated carbocycles. The summed E-state index contributed by atoms with van der Waals surface area (Å²) >= 11 is 0. The van der Waals surface area contributed by atoms with Gasteiger partial charge in [0.25, 0.3) is 8.32 Å². The van der Waals surface area contributed by atoms with Gasteiger partial charge < -0.3 is 9.90 Å². The van der Waals surface area contributed by atoms with Crippen LogP contribution in [-0.2, 0) is 0 Å². The van der Waals surface area contributed by atoms with Crippen molar-refractivity contribution in [2.75, 3.05) is 6.61 Å². The Bertz CT molecular complexity index is 645. The first-order chi connectivity index (χ1) is 14.0. The van der Waals surface area contributed by atoms with Crippen LogP contribution in [0.2, 0.25) is 5.04 Å². The molecule has 0 aliphatic rings. The predicted octanol–water partition coefficient (Wildman–Crippen LogP) is 5.27. The number of hydrogen-bond acceptors (Lipinski definition) is 2. The standard InChI is InChI=1S/C26H40O2Si/c1-4-5-6-7-10-15-23(20-21-27)22-26(2,3)29(28,24-16-11-8-12-17-24)25-18-13-9-14-19-25/h8-9,11-14,16-19,23,27-28H,4-7,10,15,20-22H2,1-3H3. The summed E-state index contributed by atoms with van der Waals surface area (Å²) < 4.78 is 0. The largest absolute Gasteiger partial charge is 0.424 e. The molecule has 0 fully saturated rings. The van der Waals surface area contributed by atoms with Crippen molar-refractivity contribution < 1.29 is 9.90 Å². The van der Waals surface area contributed by atoms with Gasteiger partial charge in [0.1, 0.15) is 0 Å². The van der Waals surface area contributed by atoms with Crippen molar-refractivity contribution in [1.82, 2.24) is 0 Å². The number of unbranched alkanes of at least 4 members (excludes halogenated alkanes) is 4. The topological polar surface area (TPSA) is 40.5 Å². The van der Waals surface area contributed by atoms with E-state index in [2.05, 4.69) is 45.0 Å². The lowest BCUT2D eigenvalue weighted by molar-refractivity contribution is 0.232. The molecule has 0 amide bonds. The van der Waals surface area contributed by atoms with Gasteiger partial charge in [-0.25, -0.2) is 0 Å². The Balaban J connectivity index is 2.26. The third-order valence-corrected chi connectivity index (χ3v) is 10.9. The highest BCUT2D eigenvalue weighted by atomic mass is 28.4. The van der Waals surface area contributed by atoms with Crippen LogP contribution in [0.15, 0.2) is 60.7 Å². The fraction of sp³-hybridized carbons (Fsp3) is 0.538. The predicted molar refractivity (Wildman–Crippen MR) is 127 cm³/mol. The van der Waals surface area contributed by atoms with Crippen LogP contribution in [0.4, 0.5) is 0 Å². The molecule has 2 rings (SSSR count). The number of hydrogen-bond donors (Lipinski definition) is 2. The summed E-state index contributed by atoms with van der Waals surface area (Å²) in [5.74, 6) is 0.447. The molecule has 0 aromatic heterocycles. The molecular weight excluding hydrogens is 372 g/mol. The molecule has 0 heterocycles. The van der Waals surface area contributed by atoms with Gasteiger partial charge >= 0.3 is 0 Å². The molecule has 2 aromatic rings. The molecule has 2 nitrogen and oxygen atoms in total. The maximum absolute atomic E-state index is 12.3. The van der Waals surface area contributed by atoms with Gasteiger partial charge in [0, 0.05) is 6.61 Å². The Kier molecular flexibility index (Phi) is 9.61. The van der Waals surface area contributed by atoms with Gasteiger partial charge in [0.2, 0.25) is 0 Å². The van der Waals surface area contributed by atoms with Gasteiger partial charge in [-0.05, 0) is 34.2 Å². The monoisotopic (exact) mass is 412 g/mol. The minimum atomic E-state index is -2.96. The van der Waals surface area contributed by atoms with Gasteiger partial charge in [-0.2, -0.15) is 0 Å². The van der Waals surface area contributed by atoms with E-state index in [1.165, 1.54) is 32.1 Å². The van der Waals surface area contributed by atoms with Crippen molar-refractivity contribution in [3.63, 3.8) is 0 Å². The molecule has 0 spiro atoms. The van der Waals surface area contributed by atoms with Crippen LogP contribution in [0, 0.1) is 5.92 Å². The van der Waals surface area contributed by atoms with Crippen molar-refractivity contribution in [3.8, 4) is 0 Å². The Hall–Kier alpha value is -1.42. The quantitative estimate of drug-likeness (QED) is 0.348. The van der Waals surface area contributed by atoms with E-state index >= 15 is 0 Å². The number of benzene rings is 2. The molecule has 0 saturated heterocycles. The summed E-state index contributed by atoms with van der Waals surface area (Å²) in [4.78, 5) is 12.3. The van der Waals surface area contributed by atoms with Crippen LogP contribution in [0.1, 0.15) is 72.1 Å². The van der Waals surface area contributed by atoms with Crippen molar-refractivity contribution >= 4 is 18.7 Å². The minimum absolute atomic E-state index is 0.229. The molecule has 2 N–H and O–H groups in total. The van der Waals surface area contributed by atoms with Crippen LogP contribution in [0.3, 0.4) is 0 Å². The molecule has 29 heavy (non-hydrogen) atoms. The van der Waals surface area contributed by atoms with Crippen LogP contribution in [0.25, 0.3) is 0 Å². The lowest BCUT2D eigenvalue weighted by Gasteiger charge is -2.43. The Morgan fingerprint density at radius 3 is 1.79 bits per heavy atom. The zero-order valence-corrected chi connectivity index (χ0v) is 19.6. The first-order valence-electron chi connectivity index (χ1n) is 11.4. The molecule has 3 heteroatoms. The van der Waals surface area contributed by atoms with E-state index in [9.17, 15) is 9.90 Å². The molecule has 2 aromatic carbocycles. The van der Waals surface area contributed by atoms with Crippen molar-refractivity contribution in [3.05, 3.63) is 60.7 Å². The van der Waals surface area contributed by atoms with E-state index in [1.807, 2.05) is 36.4 Å². The van der Waals surface area contributed by atoms with Gasteiger partial charge in [0.15, 0.2) is 0 Å². The van der Waals surface area contributed by atoms with E-state index in [0.717, 1.165) is 29.6 Å². The lowest BCUT2D eigenvalue weighted by Crippen LogP contribution is -2.65. The van der Waals surface area contributed by atoms with Crippen LogP contribution in [-0.4, -0.2) is 24.8 Å². The highest BCUT2D eigenvalue weighted by Crippen LogP contribution is 2.43.